The molecule has 3 aromatic heterocycles. The molecule has 1 aromatic carbocycles. The van der Waals surface area contributed by atoms with E-state index in [1.165, 1.54) is 24.3 Å². The highest BCUT2D eigenvalue weighted by Crippen LogP contribution is 2.33. The molecule has 0 spiro atoms. The Hall–Kier alpha value is -3.82. The summed E-state index contributed by atoms with van der Waals surface area (Å²) in [5, 5.41) is 6.69. The minimum absolute atomic E-state index is 0.123. The average molecular weight is 431 g/mol. The van der Waals surface area contributed by atoms with E-state index in [0.29, 0.717) is 33.9 Å². The number of carbonyl (C=O) groups is 1. The molecule has 0 saturated heterocycles. The van der Waals surface area contributed by atoms with E-state index in [-0.39, 0.29) is 17.0 Å². The number of halogens is 3. The zero-order valence-electron chi connectivity index (χ0n) is 16.6. The van der Waals surface area contributed by atoms with Gasteiger partial charge in [0.15, 0.2) is 5.75 Å². The van der Waals surface area contributed by atoms with E-state index < -0.39 is 18.0 Å². The van der Waals surface area contributed by atoms with Crippen LogP contribution in [0.1, 0.15) is 27.6 Å². The minimum atomic E-state index is -4.90. The number of aromatic nitrogens is 2. The first kappa shape index (κ1) is 20.5. The number of hydrogen-bond donors (Lipinski definition) is 1. The molecule has 160 valence electrons. The van der Waals surface area contributed by atoms with Gasteiger partial charge in [-0.1, -0.05) is 17.3 Å². The molecule has 3 heterocycles. The quantitative estimate of drug-likeness (QED) is 0.455. The van der Waals surface area contributed by atoms with Crippen molar-refractivity contribution >= 4 is 22.7 Å². The van der Waals surface area contributed by atoms with Gasteiger partial charge < -0.3 is 19.0 Å². The Morgan fingerprint density at radius 1 is 1.13 bits per heavy atom. The molecule has 0 atom stereocenters. The number of anilines is 1. The van der Waals surface area contributed by atoms with Crippen molar-refractivity contribution in [3.05, 3.63) is 59.2 Å². The summed E-state index contributed by atoms with van der Waals surface area (Å²) in [4.78, 5) is 17.5. The van der Waals surface area contributed by atoms with Gasteiger partial charge in [-0.15, -0.1) is 13.2 Å². The highest BCUT2D eigenvalue weighted by molar-refractivity contribution is 6.13. The van der Waals surface area contributed by atoms with Gasteiger partial charge in [0.25, 0.3) is 11.6 Å². The number of ether oxygens (including phenoxy) is 1. The molecule has 4 aromatic rings. The summed E-state index contributed by atoms with van der Waals surface area (Å²) in [5.41, 5.74) is 1.60. The molecule has 0 bridgehead atoms. The molecule has 0 aliphatic carbocycles. The highest BCUT2D eigenvalue weighted by atomic mass is 19.4. The first-order valence-corrected chi connectivity index (χ1v) is 9.13. The zero-order chi connectivity index (χ0) is 22.3. The Bertz CT molecular complexity index is 1290. The Balaban J connectivity index is 1.78. The molecule has 1 amide bonds. The van der Waals surface area contributed by atoms with E-state index in [4.69, 9.17) is 8.94 Å². The van der Waals surface area contributed by atoms with Crippen LogP contribution in [0.3, 0.4) is 0 Å². The summed E-state index contributed by atoms with van der Waals surface area (Å²) < 4.78 is 52.9. The SMILES string of the molecule is Cc1cc(-c2cc(C(=O)Nc3ccccc3OC(F)(F)F)c3c(C)noc3n2)c(C)o1. The fourth-order valence-electron chi connectivity index (χ4n) is 3.27. The van der Waals surface area contributed by atoms with Gasteiger partial charge in [0.05, 0.1) is 28.0 Å². The van der Waals surface area contributed by atoms with Crippen LogP contribution in [0.2, 0.25) is 0 Å². The van der Waals surface area contributed by atoms with Gasteiger partial charge in [0.2, 0.25) is 0 Å². The minimum Gasteiger partial charge on any atom is -0.466 e. The Morgan fingerprint density at radius 2 is 1.87 bits per heavy atom. The van der Waals surface area contributed by atoms with Crippen LogP contribution < -0.4 is 10.1 Å². The van der Waals surface area contributed by atoms with Gasteiger partial charge in [0.1, 0.15) is 11.5 Å². The number of benzene rings is 1. The summed E-state index contributed by atoms with van der Waals surface area (Å²) in [6, 6.07) is 8.55. The molecule has 0 aliphatic rings. The number of hydrogen-bond acceptors (Lipinski definition) is 6. The summed E-state index contributed by atoms with van der Waals surface area (Å²) in [6.07, 6.45) is -4.90. The van der Waals surface area contributed by atoms with Crippen molar-refractivity contribution in [2.45, 2.75) is 27.1 Å². The van der Waals surface area contributed by atoms with E-state index >= 15 is 0 Å². The number of amides is 1. The number of rotatable bonds is 4. The van der Waals surface area contributed by atoms with Crippen LogP contribution in [0, 0.1) is 20.8 Å². The normalized spacial score (nSPS) is 11.7. The molecule has 0 radical (unpaired) electrons. The first-order valence-electron chi connectivity index (χ1n) is 9.13. The summed E-state index contributed by atoms with van der Waals surface area (Å²) in [7, 11) is 0. The third kappa shape index (κ3) is 4.09. The topological polar surface area (TPSA) is 90.4 Å². The highest BCUT2D eigenvalue weighted by Gasteiger charge is 2.32. The molecule has 0 aliphatic heterocycles. The van der Waals surface area contributed by atoms with Gasteiger partial charge >= 0.3 is 6.36 Å². The molecule has 7 nitrogen and oxygen atoms in total. The molecule has 0 unspecified atom stereocenters. The van der Waals surface area contributed by atoms with Gasteiger partial charge in [-0.25, -0.2) is 4.98 Å². The summed E-state index contributed by atoms with van der Waals surface area (Å²) in [6.45, 7) is 5.17. The van der Waals surface area contributed by atoms with Crippen LogP contribution in [0.15, 0.2) is 45.3 Å². The smallest absolute Gasteiger partial charge is 0.466 e. The number of fused-ring (bicyclic) bond motifs is 1. The van der Waals surface area contributed by atoms with E-state index in [9.17, 15) is 18.0 Å². The van der Waals surface area contributed by atoms with Crippen LogP contribution >= 0.6 is 0 Å². The standard InChI is InChI=1S/C21H16F3N3O4/c1-10-8-13(12(3)29-10)16-9-14(18-11(2)27-31-20(18)26-16)19(28)25-15-6-4-5-7-17(15)30-21(22,23)24/h4-9H,1-3H3,(H,25,28). The lowest BCUT2D eigenvalue weighted by atomic mass is 10.1. The van der Waals surface area contributed by atoms with Crippen LogP contribution in [0.25, 0.3) is 22.4 Å². The van der Waals surface area contributed by atoms with E-state index in [1.54, 1.807) is 26.8 Å². The number of pyridine rings is 1. The van der Waals surface area contributed by atoms with Crippen molar-refractivity contribution < 1.29 is 31.6 Å². The van der Waals surface area contributed by atoms with Gasteiger partial charge in [-0.3, -0.25) is 4.79 Å². The second-order valence-electron chi connectivity index (χ2n) is 6.83. The van der Waals surface area contributed by atoms with Gasteiger partial charge in [-0.05, 0) is 45.0 Å². The van der Waals surface area contributed by atoms with E-state index in [2.05, 4.69) is 20.2 Å². The maximum atomic E-state index is 13.1. The lowest BCUT2D eigenvalue weighted by Gasteiger charge is -2.14. The van der Waals surface area contributed by atoms with Crippen LogP contribution in [-0.4, -0.2) is 22.4 Å². The number of alkyl halides is 3. The van der Waals surface area contributed by atoms with Crippen LogP contribution in [0.5, 0.6) is 5.75 Å². The molecule has 4 rings (SSSR count). The molecule has 0 saturated carbocycles. The second kappa shape index (κ2) is 7.46. The Kier molecular flexibility index (Phi) is 4.92. The number of aryl methyl sites for hydroxylation is 3. The lowest BCUT2D eigenvalue weighted by Crippen LogP contribution is -2.19. The molecule has 1 N–H and O–H groups in total. The summed E-state index contributed by atoms with van der Waals surface area (Å²) in [5.74, 6) is 0.0523. The molecule has 10 heteroatoms. The molecule has 0 fully saturated rings. The van der Waals surface area contributed by atoms with Gasteiger partial charge in [0, 0.05) is 5.56 Å². The van der Waals surface area contributed by atoms with Crippen molar-refractivity contribution in [1.29, 1.82) is 0 Å². The van der Waals surface area contributed by atoms with Crippen LogP contribution in [0.4, 0.5) is 18.9 Å². The lowest BCUT2D eigenvalue weighted by molar-refractivity contribution is -0.274. The Labute approximate surface area is 173 Å². The van der Waals surface area contributed by atoms with E-state index in [0.717, 1.165) is 6.07 Å². The maximum absolute atomic E-state index is 13.1. The van der Waals surface area contributed by atoms with Crippen molar-refractivity contribution in [1.82, 2.24) is 10.1 Å². The summed E-state index contributed by atoms with van der Waals surface area (Å²) >= 11 is 0. The van der Waals surface area contributed by atoms with Crippen molar-refractivity contribution in [2.24, 2.45) is 0 Å². The average Bonchev–Trinajstić information content (AvgIpc) is 3.23. The van der Waals surface area contributed by atoms with Crippen molar-refractivity contribution in [3.8, 4) is 17.0 Å². The molecular weight excluding hydrogens is 415 g/mol. The number of para-hydroxylation sites is 2. The first-order chi connectivity index (χ1) is 14.6. The maximum Gasteiger partial charge on any atom is 0.573 e. The molecule has 31 heavy (non-hydrogen) atoms. The van der Waals surface area contributed by atoms with Crippen molar-refractivity contribution in [2.75, 3.05) is 5.32 Å². The van der Waals surface area contributed by atoms with Gasteiger partial charge in [-0.2, -0.15) is 0 Å². The van der Waals surface area contributed by atoms with Crippen molar-refractivity contribution in [3.63, 3.8) is 0 Å². The fraction of sp³-hybridized carbons (Fsp3) is 0.190. The third-order valence-corrected chi connectivity index (χ3v) is 4.54. The largest absolute Gasteiger partial charge is 0.573 e. The number of nitrogens with zero attached hydrogens (tertiary/aromatic N) is 2. The predicted molar refractivity (Wildman–Crippen MR) is 105 cm³/mol. The number of carbonyl (C=O) groups excluding carboxylic acids is 1. The predicted octanol–water partition coefficient (Wildman–Crippen LogP) is 5.56. The Morgan fingerprint density at radius 3 is 2.55 bits per heavy atom. The second-order valence-corrected chi connectivity index (χ2v) is 6.83. The number of nitrogens with one attached hydrogen (secondary N) is 1. The fourth-order valence-corrected chi connectivity index (χ4v) is 3.27. The zero-order valence-corrected chi connectivity index (χ0v) is 16.6. The third-order valence-electron chi connectivity index (χ3n) is 4.54. The molecular formula is C21H16F3N3O4. The number of furan rings is 1. The van der Waals surface area contributed by atoms with Crippen LogP contribution in [-0.2, 0) is 0 Å². The monoisotopic (exact) mass is 431 g/mol. The van der Waals surface area contributed by atoms with E-state index in [1.807, 2.05) is 0 Å².